The predicted octanol–water partition coefficient (Wildman–Crippen LogP) is 3.33. The highest BCUT2D eigenvalue weighted by molar-refractivity contribution is 6.31. The van der Waals surface area contributed by atoms with E-state index in [1.54, 1.807) is 42.5 Å². The molecule has 0 fully saturated rings. The Morgan fingerprint density at radius 1 is 1.24 bits per heavy atom. The summed E-state index contributed by atoms with van der Waals surface area (Å²) < 4.78 is 10.7. The number of nitriles is 1. The number of halogens is 1. The smallest absolute Gasteiger partial charge is 0.162 e. The van der Waals surface area contributed by atoms with Gasteiger partial charge in [0.15, 0.2) is 11.5 Å². The zero-order chi connectivity index (χ0) is 15.2. The van der Waals surface area contributed by atoms with Crippen LogP contribution in [-0.2, 0) is 0 Å². The average Bonchev–Trinajstić information content (AvgIpc) is 2.52. The summed E-state index contributed by atoms with van der Waals surface area (Å²) in [6.45, 7) is 0.0337. The SMILES string of the molecule is COc1cc(C#N)ccc1OC[C@@H](O)c1ccccc1Cl. The van der Waals surface area contributed by atoms with Crippen LogP contribution >= 0.6 is 11.6 Å². The van der Waals surface area contributed by atoms with Crippen molar-refractivity contribution in [3.63, 3.8) is 0 Å². The van der Waals surface area contributed by atoms with Crippen LogP contribution in [0.25, 0.3) is 0 Å². The van der Waals surface area contributed by atoms with Crippen LogP contribution in [0.2, 0.25) is 5.02 Å². The molecule has 108 valence electrons. The molecule has 0 amide bonds. The monoisotopic (exact) mass is 303 g/mol. The summed E-state index contributed by atoms with van der Waals surface area (Å²) in [4.78, 5) is 0. The Kier molecular flexibility index (Phi) is 5.04. The van der Waals surface area contributed by atoms with Crippen LogP contribution in [-0.4, -0.2) is 18.8 Å². The lowest BCUT2D eigenvalue weighted by Crippen LogP contribution is -2.10. The molecule has 0 heterocycles. The van der Waals surface area contributed by atoms with Gasteiger partial charge >= 0.3 is 0 Å². The molecule has 0 aliphatic heterocycles. The number of ether oxygens (including phenoxy) is 2. The van der Waals surface area contributed by atoms with E-state index in [9.17, 15) is 5.11 Å². The molecule has 0 aromatic heterocycles. The molecule has 0 saturated carbocycles. The van der Waals surface area contributed by atoms with Crippen LogP contribution < -0.4 is 9.47 Å². The highest BCUT2D eigenvalue weighted by Gasteiger charge is 2.13. The quantitative estimate of drug-likeness (QED) is 0.920. The van der Waals surface area contributed by atoms with Crippen LogP contribution in [0.1, 0.15) is 17.2 Å². The minimum atomic E-state index is -0.848. The number of rotatable bonds is 5. The first-order chi connectivity index (χ1) is 10.2. The maximum absolute atomic E-state index is 10.1. The Labute approximate surface area is 128 Å². The summed E-state index contributed by atoms with van der Waals surface area (Å²) in [5.74, 6) is 0.906. The van der Waals surface area contributed by atoms with E-state index in [0.717, 1.165) is 0 Å². The lowest BCUT2D eigenvalue weighted by Gasteiger charge is -2.15. The molecule has 2 aromatic carbocycles. The van der Waals surface area contributed by atoms with Crippen molar-refractivity contribution in [1.29, 1.82) is 5.26 Å². The summed E-state index contributed by atoms with van der Waals surface area (Å²) in [7, 11) is 1.49. The fraction of sp³-hybridized carbons (Fsp3) is 0.188. The molecule has 5 heteroatoms. The van der Waals surface area contributed by atoms with Crippen LogP contribution in [0.4, 0.5) is 0 Å². The van der Waals surface area contributed by atoms with E-state index in [1.807, 2.05) is 6.07 Å². The minimum Gasteiger partial charge on any atom is -0.493 e. The second kappa shape index (κ2) is 6.98. The lowest BCUT2D eigenvalue weighted by molar-refractivity contribution is 0.106. The standard InChI is InChI=1S/C16H14ClNO3/c1-20-16-8-11(9-18)6-7-15(16)21-10-14(19)12-4-2-3-5-13(12)17/h2-8,14,19H,10H2,1H3/t14-/m1/s1. The first-order valence-electron chi connectivity index (χ1n) is 6.29. The Morgan fingerprint density at radius 3 is 2.67 bits per heavy atom. The summed E-state index contributed by atoms with van der Waals surface area (Å²) in [5, 5.41) is 19.5. The van der Waals surface area contributed by atoms with Gasteiger partial charge in [0.1, 0.15) is 12.7 Å². The molecular formula is C16H14ClNO3. The Hall–Kier alpha value is -2.22. The topological polar surface area (TPSA) is 62.5 Å². The number of aliphatic hydroxyl groups is 1. The summed E-state index contributed by atoms with van der Waals surface area (Å²) >= 11 is 6.02. The normalized spacial score (nSPS) is 11.5. The lowest BCUT2D eigenvalue weighted by atomic mass is 10.1. The number of nitrogens with zero attached hydrogens (tertiary/aromatic N) is 1. The van der Waals surface area contributed by atoms with Gasteiger partial charge in [0.25, 0.3) is 0 Å². The minimum absolute atomic E-state index is 0.0337. The third kappa shape index (κ3) is 3.66. The summed E-state index contributed by atoms with van der Waals surface area (Å²) in [5.41, 5.74) is 1.08. The van der Waals surface area contributed by atoms with Gasteiger partial charge in [0, 0.05) is 16.7 Å². The van der Waals surface area contributed by atoms with Gasteiger partial charge in [-0.1, -0.05) is 29.8 Å². The molecule has 2 rings (SSSR count). The molecule has 21 heavy (non-hydrogen) atoms. The van der Waals surface area contributed by atoms with Gasteiger partial charge in [-0.15, -0.1) is 0 Å². The zero-order valence-corrected chi connectivity index (χ0v) is 12.2. The predicted molar refractivity (Wildman–Crippen MR) is 79.6 cm³/mol. The first kappa shape index (κ1) is 15.2. The van der Waals surface area contributed by atoms with Gasteiger partial charge in [-0.05, 0) is 18.2 Å². The van der Waals surface area contributed by atoms with Crippen molar-refractivity contribution in [2.24, 2.45) is 0 Å². The van der Waals surface area contributed by atoms with Crippen molar-refractivity contribution >= 4 is 11.6 Å². The number of aliphatic hydroxyl groups excluding tert-OH is 1. The highest BCUT2D eigenvalue weighted by atomic mass is 35.5. The maximum atomic E-state index is 10.1. The van der Waals surface area contributed by atoms with E-state index in [0.29, 0.717) is 27.6 Å². The Bertz CT molecular complexity index is 667. The van der Waals surface area contributed by atoms with E-state index < -0.39 is 6.10 Å². The zero-order valence-electron chi connectivity index (χ0n) is 11.4. The number of methoxy groups -OCH3 is 1. The van der Waals surface area contributed by atoms with E-state index in [4.69, 9.17) is 26.3 Å². The van der Waals surface area contributed by atoms with Crippen molar-refractivity contribution < 1.29 is 14.6 Å². The molecule has 0 bridgehead atoms. The first-order valence-corrected chi connectivity index (χ1v) is 6.67. The molecule has 0 radical (unpaired) electrons. The maximum Gasteiger partial charge on any atom is 0.162 e. The third-order valence-corrected chi connectivity index (χ3v) is 3.30. The summed E-state index contributed by atoms with van der Waals surface area (Å²) in [6, 6.07) is 13.9. The van der Waals surface area contributed by atoms with Crippen molar-refractivity contribution in [2.75, 3.05) is 13.7 Å². The van der Waals surface area contributed by atoms with Gasteiger partial charge < -0.3 is 14.6 Å². The fourth-order valence-electron chi connectivity index (χ4n) is 1.86. The molecule has 0 unspecified atom stereocenters. The fourth-order valence-corrected chi connectivity index (χ4v) is 2.12. The molecule has 0 aliphatic rings. The average molecular weight is 304 g/mol. The van der Waals surface area contributed by atoms with Gasteiger partial charge in [-0.2, -0.15) is 5.26 Å². The molecule has 1 atom stereocenters. The van der Waals surface area contributed by atoms with E-state index >= 15 is 0 Å². The van der Waals surface area contributed by atoms with Crippen LogP contribution in [0.3, 0.4) is 0 Å². The van der Waals surface area contributed by atoms with Crippen molar-refractivity contribution in [3.8, 4) is 17.6 Å². The second-order valence-electron chi connectivity index (χ2n) is 4.33. The van der Waals surface area contributed by atoms with E-state index in [-0.39, 0.29) is 6.61 Å². The van der Waals surface area contributed by atoms with Gasteiger partial charge in [-0.25, -0.2) is 0 Å². The number of benzene rings is 2. The largest absolute Gasteiger partial charge is 0.493 e. The summed E-state index contributed by atoms with van der Waals surface area (Å²) in [6.07, 6.45) is -0.848. The van der Waals surface area contributed by atoms with E-state index in [1.165, 1.54) is 7.11 Å². The van der Waals surface area contributed by atoms with Gasteiger partial charge in [0.2, 0.25) is 0 Å². The van der Waals surface area contributed by atoms with Crippen molar-refractivity contribution in [3.05, 3.63) is 58.6 Å². The molecule has 4 nitrogen and oxygen atoms in total. The Morgan fingerprint density at radius 2 is 2.00 bits per heavy atom. The Balaban J connectivity index is 2.10. The molecule has 0 spiro atoms. The van der Waals surface area contributed by atoms with Crippen LogP contribution in [0.15, 0.2) is 42.5 Å². The molecule has 2 aromatic rings. The van der Waals surface area contributed by atoms with Gasteiger partial charge in [-0.3, -0.25) is 0 Å². The van der Waals surface area contributed by atoms with Gasteiger partial charge in [0.05, 0.1) is 18.7 Å². The second-order valence-corrected chi connectivity index (χ2v) is 4.73. The third-order valence-electron chi connectivity index (χ3n) is 2.95. The van der Waals surface area contributed by atoms with Crippen LogP contribution in [0, 0.1) is 11.3 Å². The molecule has 0 saturated heterocycles. The molecule has 1 N–H and O–H groups in total. The number of hydrogen-bond acceptors (Lipinski definition) is 4. The molecule has 0 aliphatic carbocycles. The molecular weight excluding hydrogens is 290 g/mol. The van der Waals surface area contributed by atoms with Crippen molar-refractivity contribution in [2.45, 2.75) is 6.10 Å². The van der Waals surface area contributed by atoms with Crippen molar-refractivity contribution in [1.82, 2.24) is 0 Å². The highest BCUT2D eigenvalue weighted by Crippen LogP contribution is 2.29. The van der Waals surface area contributed by atoms with E-state index in [2.05, 4.69) is 0 Å². The van der Waals surface area contributed by atoms with Crippen LogP contribution in [0.5, 0.6) is 11.5 Å². The number of hydrogen-bond donors (Lipinski definition) is 1.